The van der Waals surface area contributed by atoms with Crippen molar-refractivity contribution in [1.82, 2.24) is 63.4 Å². The Bertz CT molecular complexity index is 7600. The first-order valence-corrected chi connectivity index (χ1v) is 57.3. The van der Waals surface area contributed by atoms with Crippen molar-refractivity contribution in [2.75, 3.05) is 72.7 Å². The number of aryl methyl sites for hydroxylation is 4. The number of carbonyl (C=O) groups excluding carboxylic acids is 5. The van der Waals surface area contributed by atoms with Gasteiger partial charge >= 0.3 is 24.1 Å². The third-order valence-corrected chi connectivity index (χ3v) is 32.0. The zero-order chi connectivity index (χ0) is 108. The van der Waals surface area contributed by atoms with Gasteiger partial charge in [0.05, 0.1) is 86.7 Å². The van der Waals surface area contributed by atoms with Crippen LogP contribution in [-0.4, -0.2) is 168 Å². The van der Waals surface area contributed by atoms with Crippen LogP contribution in [0.1, 0.15) is 206 Å². The van der Waals surface area contributed by atoms with E-state index >= 15 is 0 Å². The summed E-state index contributed by atoms with van der Waals surface area (Å²) in [4.78, 5) is 86.6. The number of hydrogen-bond acceptors (Lipinski definition) is 26. The molecule has 7 heterocycles. The van der Waals surface area contributed by atoms with Crippen LogP contribution in [0, 0.1) is 18.2 Å². The van der Waals surface area contributed by atoms with Gasteiger partial charge in [-0.15, -0.1) is 4.98 Å². The number of nitrogens with one attached hydrogen (secondary N) is 8. The molecule has 5 aliphatic carbocycles. The van der Waals surface area contributed by atoms with Gasteiger partial charge in [-0.1, -0.05) is 98.6 Å². The number of benzene rings is 5. The predicted molar refractivity (Wildman–Crippen MR) is 569 cm³/mol. The first-order valence-electron chi connectivity index (χ1n) is 49.2. The number of Topliss-reactive ketones (excluding diaryl/α,β-unsaturated/α-hetero) is 1. The smallest absolute Gasteiger partial charge is 0.333 e. The van der Waals surface area contributed by atoms with Crippen LogP contribution < -0.4 is 59.1 Å². The van der Waals surface area contributed by atoms with Crippen LogP contribution >= 0.6 is 0 Å². The highest BCUT2D eigenvalue weighted by atomic mass is 32.2. The molecule has 0 unspecified atom stereocenters. The number of sulfone groups is 1. The van der Waals surface area contributed by atoms with E-state index in [1.165, 1.54) is 87.4 Å². The van der Waals surface area contributed by atoms with Crippen molar-refractivity contribution in [2.45, 2.75) is 211 Å². The highest BCUT2D eigenvalue weighted by molar-refractivity contribution is 7.92. The Labute approximate surface area is 872 Å². The lowest BCUT2D eigenvalue weighted by molar-refractivity contribution is -0.116. The number of sulfonamides is 4. The third kappa shape index (κ3) is 30.4. The number of methoxy groups -OCH3 is 4. The molecule has 2 fully saturated rings. The first kappa shape index (κ1) is 112. The maximum absolute atomic E-state index is 14.4. The largest absolute Gasteiger partial charge is 0.481 e. The van der Waals surface area contributed by atoms with Gasteiger partial charge in [0.25, 0.3) is 25.9 Å². The summed E-state index contributed by atoms with van der Waals surface area (Å²) in [7, 11) is -12.9. The molecular weight excluding hydrogens is 2030 g/mol. The van der Waals surface area contributed by atoms with Gasteiger partial charge in [-0.05, 0) is 277 Å². The van der Waals surface area contributed by atoms with E-state index in [1.807, 2.05) is 95.7 Å². The molecule has 0 aliphatic heterocycles. The Hall–Kier alpha value is -14.7. The number of nitrogens with zero attached hydrogens (tertiary/aromatic N) is 10. The molecule has 150 heavy (non-hydrogen) atoms. The maximum Gasteiger partial charge on any atom is 0.333 e. The molecule has 8 amide bonds. The summed E-state index contributed by atoms with van der Waals surface area (Å²) in [6.07, 6.45) is 28.1. The molecule has 794 valence electrons. The fraction of sp³-hybridized carbons (Fsp3) is 0.368. The zero-order valence-electron chi connectivity index (χ0n) is 85.0. The predicted octanol–water partition coefficient (Wildman–Crippen LogP) is 19.2. The summed E-state index contributed by atoms with van der Waals surface area (Å²) in [5.41, 5.74) is 17.5. The minimum Gasteiger partial charge on any atom is -0.481 e. The Balaban J connectivity index is 0.000000156. The molecule has 37 nitrogen and oxygen atoms in total. The summed E-state index contributed by atoms with van der Waals surface area (Å²) in [6.45, 7) is 20.3. The van der Waals surface area contributed by atoms with E-state index in [9.17, 15) is 74.8 Å². The first-order chi connectivity index (χ1) is 71.6. The molecule has 8 N–H and O–H groups in total. The maximum atomic E-state index is 14.4. The molecule has 2 saturated carbocycles. The number of pyridine rings is 5. The Morgan fingerprint density at radius 3 is 1.35 bits per heavy atom. The second-order valence-corrected chi connectivity index (χ2v) is 46.3. The second-order valence-electron chi connectivity index (χ2n) is 37.1. The monoisotopic (exact) mass is 2150 g/mol. The van der Waals surface area contributed by atoms with Gasteiger partial charge in [0.15, 0.2) is 20.6 Å². The molecule has 0 atom stereocenters. The van der Waals surface area contributed by atoms with Crippen molar-refractivity contribution in [2.24, 2.45) is 0 Å². The van der Waals surface area contributed by atoms with Crippen LogP contribution in [0.2, 0.25) is 0 Å². The Morgan fingerprint density at radius 1 is 0.440 bits per heavy atom. The summed E-state index contributed by atoms with van der Waals surface area (Å²) < 4.78 is 184. The fourth-order valence-electron chi connectivity index (χ4n) is 17.5. The number of aromatic nitrogens is 9. The molecule has 44 heteroatoms. The molecule has 0 spiro atoms. The zero-order valence-corrected chi connectivity index (χ0v) is 89.1. The Morgan fingerprint density at radius 2 is 0.860 bits per heavy atom. The van der Waals surface area contributed by atoms with Crippen LogP contribution in [0.25, 0.3) is 60.5 Å². The number of ether oxygens (including phenoxy) is 4. The number of unbranched alkanes of at least 4 members (excludes halogenated alkanes) is 3. The van der Waals surface area contributed by atoms with E-state index in [1.54, 1.807) is 83.9 Å². The van der Waals surface area contributed by atoms with E-state index in [0.29, 0.717) is 105 Å². The number of rotatable bonds is 36. The number of fused-ring (bicyclic) bond motifs is 3. The van der Waals surface area contributed by atoms with Gasteiger partial charge in [0.2, 0.25) is 43.6 Å². The van der Waals surface area contributed by atoms with Gasteiger partial charge in [-0.2, -0.15) is 18.6 Å². The lowest BCUT2D eigenvalue weighted by Gasteiger charge is -2.19. The molecular formula is C106H122F2N18O19S5. The average molecular weight is 2150 g/mol. The number of amides is 8. The van der Waals surface area contributed by atoms with E-state index in [2.05, 4.69) is 87.5 Å². The van der Waals surface area contributed by atoms with Gasteiger partial charge in [0.1, 0.15) is 28.5 Å². The van der Waals surface area contributed by atoms with Crippen LogP contribution in [0.15, 0.2) is 187 Å². The van der Waals surface area contributed by atoms with Gasteiger partial charge in [-0.3, -0.25) is 14.2 Å². The molecule has 0 saturated heterocycles. The van der Waals surface area contributed by atoms with Crippen molar-refractivity contribution in [3.63, 3.8) is 0 Å². The van der Waals surface area contributed by atoms with Gasteiger partial charge < -0.3 is 45.1 Å². The van der Waals surface area contributed by atoms with Crippen molar-refractivity contribution < 1.29 is 93.8 Å². The summed E-state index contributed by atoms with van der Waals surface area (Å²) in [5.74, 6) is -0.364. The quantitative estimate of drug-likeness (QED) is 0.0169. The molecule has 0 bridgehead atoms. The molecule has 7 aromatic heterocycles. The van der Waals surface area contributed by atoms with E-state index < -0.39 is 97.2 Å². The number of halogens is 2. The normalized spacial score (nSPS) is 13.4. The highest BCUT2D eigenvalue weighted by Gasteiger charge is 2.34. The number of ketones is 1. The fourth-order valence-corrected chi connectivity index (χ4v) is 22.8. The van der Waals surface area contributed by atoms with E-state index in [4.69, 9.17) is 25.5 Å². The topological polar surface area (TPSA) is 494 Å². The second kappa shape index (κ2) is 50.6. The van der Waals surface area contributed by atoms with E-state index in [-0.39, 0.29) is 69.0 Å². The van der Waals surface area contributed by atoms with Crippen molar-refractivity contribution in [3.05, 3.63) is 250 Å². The third-order valence-electron chi connectivity index (χ3n) is 25.2. The lowest BCUT2D eigenvalue weighted by atomic mass is 9.87. The number of carbonyl (C=O) groups is 5. The number of urea groups is 4. The minimum absolute atomic E-state index is 0.00407. The minimum atomic E-state index is -4.09. The number of anilines is 4. The summed E-state index contributed by atoms with van der Waals surface area (Å²) in [6, 6.07) is 33.1. The average Bonchev–Trinajstić information content (AvgIpc) is 1.63. The summed E-state index contributed by atoms with van der Waals surface area (Å²) >= 11 is 0. The summed E-state index contributed by atoms with van der Waals surface area (Å²) in [5, 5.41) is 18.9. The van der Waals surface area contributed by atoms with Gasteiger partial charge in [0, 0.05) is 90.1 Å². The number of hydrogen-bond donors (Lipinski definition) is 8. The van der Waals surface area contributed by atoms with Crippen LogP contribution in [0.4, 0.5) is 56.5 Å². The SMILES string of the molecule is CCCCS(=O)(=O)CC(=O)Cc1c(-c2ccnc(OC)c2)cc(F)cc1C(C)C.CCCCS(=O)(=O)NC(=O)Nc1c(-c2ccnc(OC)c2)ccc2c1CCC2.COc1cc(-c2cc3c(cc2NC(=O)NS(=O)(=O)c2ccn(C4CC4)n2)CCC3)ccn1.COc1cc(-c2ccc3c(c2NC(=O)NS(=O)(=O)c2cnn(C4CC4)c2)CCC3)ccn1.[C-]#[N+]c1cc(-c2cc(F)cc(C(C)C)c2NC(=O)NS(=O)(=O)CCCC)ccn1. The van der Waals surface area contributed by atoms with Crippen LogP contribution in [0.5, 0.6) is 23.5 Å². The van der Waals surface area contributed by atoms with Crippen molar-refractivity contribution in [3.8, 4) is 79.2 Å². The molecule has 0 radical (unpaired) electrons. The van der Waals surface area contributed by atoms with Gasteiger partial charge in [-0.25, -0.2) is 100 Å². The Kier molecular flexibility index (Phi) is 37.9. The standard InChI is InChI=1S/C22H28FNO4S.2C22H23N5O4S.C20H23FN4O3S.C20H25N3O4S/c1-5-6-9-29(26,27)14-18(25)13-21-19(15(2)3)11-17(23)12-20(21)16-7-8-24-22(10-16)28-4;1-31-20-11-15(9-10-23-20)19-8-5-14-3-2-4-18(14)21(19)25-22(28)26-32(29,30)17-12-24-27(13-17)16-6-7-16;1-31-20-13-16(7-9-23-20)18-11-14-3-2-4-15(14)12-19(18)24-22(28)26-32(29,30)21-8-10-27(25-21)17-5-6-17;1-5-6-9-29(27,28)25-20(26)24-19-16(13(2)3)11-15(21)12-17(19)14-7-8-23-18(10-14)22-4;1-3-4-12-28(25,26)23-20(24)22-19-16-7-5-6-14(16)8-9-17(19)15-10-11-21-18(13-15)27-2/h7-8,10-12,15H,5-6,9,13-14H2,1-4H3;5,8-13,16H,2-4,6-7H2,1H3,(H2,25,26,28);7-13,17H,2-6H2,1H3,(H2,24,26,28);7-8,10-13H,5-6,9H2,1-3H3,(H2,24,25,26);8-11,13H,3-7,12H2,1-2H3,(H2,22,23,24). The molecule has 17 rings (SSSR count). The van der Waals surface area contributed by atoms with Crippen molar-refractivity contribution in [1.29, 1.82) is 0 Å². The van der Waals surface area contributed by atoms with Crippen LogP contribution in [-0.2, 0) is 99.7 Å². The van der Waals surface area contributed by atoms with Crippen molar-refractivity contribution >= 4 is 108 Å². The lowest BCUT2D eigenvalue weighted by Crippen LogP contribution is -2.36. The van der Waals surface area contributed by atoms with E-state index in [0.717, 1.165) is 152 Å². The molecule has 5 aliphatic rings. The van der Waals surface area contributed by atoms with Crippen LogP contribution in [0.3, 0.4) is 0 Å². The molecule has 5 aromatic carbocycles. The molecule has 12 aromatic rings. The highest BCUT2D eigenvalue weighted by Crippen LogP contribution is 2.45.